The van der Waals surface area contributed by atoms with Gasteiger partial charge >= 0.3 is 0 Å². The number of sulfonamides is 1. The molecule has 8 rings (SSSR count). The molecule has 12 heteroatoms. The van der Waals surface area contributed by atoms with E-state index >= 15 is 0 Å². The first-order valence-corrected chi connectivity index (χ1v) is 20.4. The summed E-state index contributed by atoms with van der Waals surface area (Å²) in [6, 6.07) is 19.0. The third-order valence-electron chi connectivity index (χ3n) is 12.1. The second kappa shape index (κ2) is 14.8. The zero-order chi connectivity index (χ0) is 36.6. The van der Waals surface area contributed by atoms with Gasteiger partial charge in [-0.2, -0.15) is 0 Å². The van der Waals surface area contributed by atoms with Crippen molar-refractivity contribution in [2.75, 3.05) is 49.5 Å². The first-order valence-electron chi connectivity index (χ1n) is 18.5. The van der Waals surface area contributed by atoms with E-state index in [4.69, 9.17) is 11.6 Å². The van der Waals surface area contributed by atoms with E-state index in [1.807, 2.05) is 24.3 Å². The normalized spacial score (nSPS) is 22.1. The number of benzene rings is 3. The van der Waals surface area contributed by atoms with Crippen molar-refractivity contribution >= 4 is 50.2 Å². The lowest BCUT2D eigenvalue weighted by atomic mass is 9.46. The molecule has 276 valence electrons. The zero-order valence-corrected chi connectivity index (χ0v) is 31.5. The summed E-state index contributed by atoms with van der Waals surface area (Å²) >= 11 is 6.23. The number of carbonyl (C=O) groups is 1. The Hall–Kier alpha value is -3.93. The predicted molar refractivity (Wildman–Crippen MR) is 206 cm³/mol. The van der Waals surface area contributed by atoms with Gasteiger partial charge in [0.25, 0.3) is 21.6 Å². The highest BCUT2D eigenvalue weighted by Gasteiger charge is 2.53. The van der Waals surface area contributed by atoms with Crippen molar-refractivity contribution in [3.63, 3.8) is 0 Å². The lowest BCUT2D eigenvalue weighted by Gasteiger charge is -2.58. The van der Waals surface area contributed by atoms with Gasteiger partial charge in [0.05, 0.1) is 9.82 Å². The highest BCUT2D eigenvalue weighted by Crippen LogP contribution is 2.63. The van der Waals surface area contributed by atoms with Crippen LogP contribution in [0.15, 0.2) is 77.2 Å². The van der Waals surface area contributed by atoms with E-state index in [1.165, 1.54) is 36.1 Å². The van der Waals surface area contributed by atoms with Gasteiger partial charge in [-0.3, -0.25) is 19.8 Å². The molecule has 3 aromatic carbocycles. The smallest absolute Gasteiger partial charge is 0.293 e. The number of halogens is 1. The summed E-state index contributed by atoms with van der Waals surface area (Å²) in [7, 11) is -4.35. The molecule has 1 aliphatic heterocycles. The summed E-state index contributed by atoms with van der Waals surface area (Å²) in [6.07, 6.45) is 8.05. The van der Waals surface area contributed by atoms with Crippen LogP contribution in [0.25, 0.3) is 5.57 Å². The fourth-order valence-electron chi connectivity index (χ4n) is 8.81. The van der Waals surface area contributed by atoms with Crippen LogP contribution in [0, 0.1) is 33.3 Å². The fraction of sp³-hybridized carbons (Fsp3) is 0.475. The number of amides is 1. The molecule has 2 N–H and O–H groups in total. The Morgan fingerprint density at radius 3 is 2.31 bits per heavy atom. The van der Waals surface area contributed by atoms with Crippen LogP contribution in [-0.4, -0.2) is 63.4 Å². The van der Waals surface area contributed by atoms with Gasteiger partial charge in [-0.1, -0.05) is 62.4 Å². The molecule has 0 radical (unpaired) electrons. The second-order valence-electron chi connectivity index (χ2n) is 15.6. The highest BCUT2D eigenvalue weighted by molar-refractivity contribution is 7.90. The maximum absolute atomic E-state index is 13.2. The monoisotopic (exact) mass is 745 g/mol. The van der Waals surface area contributed by atoms with Gasteiger partial charge in [0.2, 0.25) is 0 Å². The van der Waals surface area contributed by atoms with Crippen LogP contribution < -0.4 is 14.9 Å². The van der Waals surface area contributed by atoms with Gasteiger partial charge < -0.3 is 10.2 Å². The molecule has 5 aliphatic rings. The average Bonchev–Trinajstić information content (AvgIpc) is 3.14. The van der Waals surface area contributed by atoms with Gasteiger partial charge in [0.15, 0.2) is 0 Å². The van der Waals surface area contributed by atoms with Gasteiger partial charge in [-0.05, 0) is 109 Å². The number of anilines is 2. The van der Waals surface area contributed by atoms with Gasteiger partial charge in [-0.25, -0.2) is 13.1 Å². The number of fused-ring (bicyclic) bond motifs is 1. The minimum absolute atomic E-state index is 0.187. The standard InChI is InChI=1S/C40H48ClN5O5S/c1-40(2)31-22-30(38(35(40)23-31)28-8-12-32(41)13-9-28)26-44-18-20-45(21-19-44)33-14-10-29(11-15-33)39(47)43-52(50,51)34-16-17-36(37(24-34)46(48)49)42-25-27-6-4-3-5-7-27/h8-17,24,27,31,35,42H,3-7,18-23,25-26H2,1-2H3,(H,43,47)/t31-,35-/m0/s1. The Kier molecular flexibility index (Phi) is 10.4. The van der Waals surface area contributed by atoms with Crippen LogP contribution in [0.3, 0.4) is 0 Å². The molecule has 1 saturated heterocycles. The van der Waals surface area contributed by atoms with Crippen LogP contribution in [0.5, 0.6) is 0 Å². The van der Waals surface area contributed by atoms with Crippen molar-refractivity contribution in [3.8, 4) is 0 Å². The molecule has 1 amide bonds. The van der Waals surface area contributed by atoms with Gasteiger partial charge in [-0.15, -0.1) is 0 Å². The third kappa shape index (κ3) is 7.59. The molecule has 3 aromatic rings. The lowest BCUT2D eigenvalue weighted by molar-refractivity contribution is -0.384. The molecule has 52 heavy (non-hydrogen) atoms. The molecule has 4 aliphatic carbocycles. The predicted octanol–water partition coefficient (Wildman–Crippen LogP) is 8.00. The highest BCUT2D eigenvalue weighted by atomic mass is 35.5. The van der Waals surface area contributed by atoms with E-state index in [9.17, 15) is 23.3 Å². The Labute approximate surface area is 311 Å². The summed E-state index contributed by atoms with van der Waals surface area (Å²) in [4.78, 5) is 28.8. The SMILES string of the molecule is CC1(C)[C@H]2CC(CN3CCN(c4ccc(C(=O)NS(=O)(=O)c5ccc(NCC6CCCCC6)c([N+](=O)[O-])c5)cc4)CC3)=C(c3ccc(Cl)cc3)[C@@H]1C2. The van der Waals surface area contributed by atoms with Crippen LogP contribution in [-0.2, 0) is 10.0 Å². The third-order valence-corrected chi connectivity index (χ3v) is 13.7. The number of nitrogens with zero attached hydrogens (tertiary/aromatic N) is 3. The van der Waals surface area contributed by atoms with E-state index in [0.717, 1.165) is 87.5 Å². The second-order valence-corrected chi connectivity index (χ2v) is 17.7. The van der Waals surface area contributed by atoms with Crippen LogP contribution >= 0.6 is 11.6 Å². The van der Waals surface area contributed by atoms with Crippen molar-refractivity contribution in [3.05, 3.63) is 98.6 Å². The number of nitro groups is 1. The summed E-state index contributed by atoms with van der Waals surface area (Å²) in [5.41, 5.74) is 5.77. The number of allylic oxidation sites excluding steroid dienone is 1. The number of hydrogen-bond acceptors (Lipinski definition) is 8. The number of hydrogen-bond donors (Lipinski definition) is 2. The fourth-order valence-corrected chi connectivity index (χ4v) is 9.93. The largest absolute Gasteiger partial charge is 0.379 e. The van der Waals surface area contributed by atoms with E-state index in [0.29, 0.717) is 23.8 Å². The first-order chi connectivity index (χ1) is 24.9. The minimum Gasteiger partial charge on any atom is -0.379 e. The number of rotatable bonds is 11. The van der Waals surface area contributed by atoms with E-state index in [-0.39, 0.29) is 21.8 Å². The molecule has 0 aromatic heterocycles. The average molecular weight is 746 g/mol. The van der Waals surface area contributed by atoms with E-state index < -0.39 is 20.9 Å². The summed E-state index contributed by atoms with van der Waals surface area (Å²) in [5, 5.41) is 15.7. The van der Waals surface area contributed by atoms with Crippen molar-refractivity contribution < 1.29 is 18.1 Å². The Balaban J connectivity index is 0.956. The molecular formula is C40H48ClN5O5S. The Morgan fingerprint density at radius 2 is 1.65 bits per heavy atom. The van der Waals surface area contributed by atoms with E-state index in [1.54, 1.807) is 17.7 Å². The van der Waals surface area contributed by atoms with Crippen molar-refractivity contribution in [1.82, 2.24) is 9.62 Å². The molecule has 0 spiro atoms. The number of carbonyl (C=O) groups excluding carboxylic acids is 1. The summed E-state index contributed by atoms with van der Waals surface area (Å²) in [5.74, 6) is 0.945. The quantitative estimate of drug-likeness (QED) is 0.150. The molecular weight excluding hydrogens is 698 g/mol. The van der Waals surface area contributed by atoms with E-state index in [2.05, 4.69) is 45.8 Å². The molecule has 2 saturated carbocycles. The van der Waals surface area contributed by atoms with Gasteiger partial charge in [0, 0.05) is 61.6 Å². The lowest BCUT2D eigenvalue weighted by Crippen LogP contribution is -2.51. The molecule has 2 bridgehead atoms. The molecule has 10 nitrogen and oxygen atoms in total. The van der Waals surface area contributed by atoms with Crippen LogP contribution in [0.2, 0.25) is 5.02 Å². The summed E-state index contributed by atoms with van der Waals surface area (Å²) in [6.45, 7) is 9.89. The van der Waals surface area contributed by atoms with Crippen LogP contribution in [0.1, 0.15) is 74.7 Å². The topological polar surface area (TPSA) is 125 Å². The van der Waals surface area contributed by atoms with Gasteiger partial charge in [0.1, 0.15) is 5.69 Å². The number of nitro benzene ring substituents is 1. The summed E-state index contributed by atoms with van der Waals surface area (Å²) < 4.78 is 28.4. The maximum atomic E-state index is 13.2. The first kappa shape index (κ1) is 36.4. The Morgan fingerprint density at radius 1 is 0.962 bits per heavy atom. The molecule has 3 fully saturated rings. The van der Waals surface area contributed by atoms with Crippen molar-refractivity contribution in [1.29, 1.82) is 0 Å². The molecule has 0 unspecified atom stereocenters. The van der Waals surface area contributed by atoms with Crippen molar-refractivity contribution in [2.24, 2.45) is 23.2 Å². The zero-order valence-electron chi connectivity index (χ0n) is 29.9. The Bertz CT molecular complexity index is 1950. The number of nitrogens with one attached hydrogen (secondary N) is 2. The van der Waals surface area contributed by atoms with Crippen LogP contribution in [0.4, 0.5) is 17.1 Å². The maximum Gasteiger partial charge on any atom is 0.293 e. The molecule has 1 heterocycles. The minimum atomic E-state index is -4.35. The molecule has 2 atom stereocenters. The van der Waals surface area contributed by atoms with Crippen molar-refractivity contribution in [2.45, 2.75) is 63.7 Å². The number of piperazine rings is 1.